The van der Waals surface area contributed by atoms with Crippen molar-refractivity contribution >= 4 is 5.91 Å². The van der Waals surface area contributed by atoms with Crippen molar-refractivity contribution in [3.05, 3.63) is 12.2 Å². The minimum atomic E-state index is -0.922. The summed E-state index contributed by atoms with van der Waals surface area (Å²) < 4.78 is 0. The number of amides is 1. The lowest BCUT2D eigenvalue weighted by atomic mass is 10.0. The second-order valence-electron chi connectivity index (χ2n) is 17.1. The van der Waals surface area contributed by atoms with Crippen molar-refractivity contribution < 1.29 is 20.1 Å². The third kappa shape index (κ3) is 40.7. The van der Waals surface area contributed by atoms with Crippen LogP contribution in [0.4, 0.5) is 0 Å². The summed E-state index contributed by atoms with van der Waals surface area (Å²) >= 11 is 0. The number of rotatable bonds is 45. The molecule has 3 unspecified atom stereocenters. The number of unbranched alkanes of at least 4 members (excludes halogenated alkanes) is 36. The van der Waals surface area contributed by atoms with Gasteiger partial charge in [-0.05, 0) is 19.3 Å². The lowest BCUT2D eigenvalue weighted by Crippen LogP contribution is -2.45. The number of carbonyl (C=O) groups excluding carboxylic acids is 1. The molecule has 1 amide bonds. The minimum absolute atomic E-state index is 0.0184. The van der Waals surface area contributed by atoms with Crippen molar-refractivity contribution in [2.75, 3.05) is 6.61 Å². The number of allylic oxidation sites excluding steroid dienone is 1. The van der Waals surface area contributed by atoms with Gasteiger partial charge < -0.3 is 20.6 Å². The SMILES string of the molecule is CCCCCCCCC/C=C/C(O)C(CO)NC(=O)CC(O)CCCCCCCCCCCCCCCCCCCCCCCCCCCCCCCC. The van der Waals surface area contributed by atoms with Crippen LogP contribution in [0, 0.1) is 0 Å². The fourth-order valence-electron chi connectivity index (χ4n) is 7.81. The maximum atomic E-state index is 12.4. The molecule has 0 aliphatic carbocycles. The largest absolute Gasteiger partial charge is 0.394 e. The highest BCUT2D eigenvalue weighted by Crippen LogP contribution is 2.17. The quantitative estimate of drug-likeness (QED) is 0.0367. The van der Waals surface area contributed by atoms with E-state index >= 15 is 0 Å². The number of aliphatic hydroxyl groups excluding tert-OH is 3. The average molecular weight is 764 g/mol. The molecule has 0 spiro atoms. The van der Waals surface area contributed by atoms with Gasteiger partial charge in [0.05, 0.1) is 31.3 Å². The summed E-state index contributed by atoms with van der Waals surface area (Å²) in [6, 6.07) is -0.738. The van der Waals surface area contributed by atoms with Gasteiger partial charge in [-0.1, -0.05) is 257 Å². The molecule has 322 valence electrons. The average Bonchev–Trinajstić information content (AvgIpc) is 3.16. The van der Waals surface area contributed by atoms with E-state index in [1.807, 2.05) is 6.08 Å². The number of hydrogen-bond acceptors (Lipinski definition) is 4. The van der Waals surface area contributed by atoms with Crippen LogP contribution in [0.3, 0.4) is 0 Å². The number of aliphatic hydroxyl groups is 3. The van der Waals surface area contributed by atoms with Gasteiger partial charge in [0.15, 0.2) is 0 Å². The Kier molecular flexibility index (Phi) is 44.0. The molecular weight excluding hydrogens is 667 g/mol. The number of hydrogen-bond donors (Lipinski definition) is 4. The topological polar surface area (TPSA) is 89.8 Å². The van der Waals surface area contributed by atoms with Crippen LogP contribution >= 0.6 is 0 Å². The van der Waals surface area contributed by atoms with E-state index in [0.29, 0.717) is 6.42 Å². The molecule has 3 atom stereocenters. The maximum absolute atomic E-state index is 12.4. The molecule has 0 aromatic heterocycles. The zero-order valence-corrected chi connectivity index (χ0v) is 36.6. The summed E-state index contributed by atoms with van der Waals surface area (Å²) in [7, 11) is 0. The lowest BCUT2D eigenvalue weighted by molar-refractivity contribution is -0.124. The Labute approximate surface area is 338 Å². The summed E-state index contributed by atoms with van der Waals surface area (Å²) in [5.41, 5.74) is 0. The molecule has 0 aliphatic rings. The lowest BCUT2D eigenvalue weighted by Gasteiger charge is -2.21. The molecule has 0 aliphatic heterocycles. The third-order valence-corrected chi connectivity index (χ3v) is 11.6. The predicted molar refractivity (Wildman–Crippen MR) is 236 cm³/mol. The van der Waals surface area contributed by atoms with Gasteiger partial charge in [-0.2, -0.15) is 0 Å². The molecule has 0 aromatic rings. The van der Waals surface area contributed by atoms with Crippen LogP contribution in [0.25, 0.3) is 0 Å². The Morgan fingerprint density at radius 2 is 0.759 bits per heavy atom. The molecule has 0 fully saturated rings. The van der Waals surface area contributed by atoms with Gasteiger partial charge >= 0.3 is 0 Å². The van der Waals surface area contributed by atoms with Crippen LogP contribution in [0.2, 0.25) is 0 Å². The molecule has 0 saturated carbocycles. The van der Waals surface area contributed by atoms with Crippen LogP contribution in [0.1, 0.15) is 271 Å². The van der Waals surface area contributed by atoms with Crippen molar-refractivity contribution in [1.82, 2.24) is 5.32 Å². The molecule has 0 heterocycles. The van der Waals surface area contributed by atoms with E-state index < -0.39 is 18.2 Å². The molecule has 5 heteroatoms. The number of nitrogens with one attached hydrogen (secondary N) is 1. The Morgan fingerprint density at radius 3 is 1.07 bits per heavy atom. The molecule has 0 rings (SSSR count). The normalized spacial score (nSPS) is 13.5. The highest BCUT2D eigenvalue weighted by molar-refractivity contribution is 5.76. The van der Waals surface area contributed by atoms with Crippen LogP contribution in [0.5, 0.6) is 0 Å². The standard InChI is InChI=1S/C49H97NO4/c1-3-5-7-9-11-13-14-15-16-17-18-19-20-21-22-23-24-25-26-27-28-29-30-31-32-33-35-36-38-40-42-46(52)44-49(54)50-47(45-51)48(53)43-41-39-37-34-12-10-8-6-4-2/h41,43,46-48,51-53H,3-40,42,44-45H2,1-2H3,(H,50,54)/b43-41+. The van der Waals surface area contributed by atoms with Gasteiger partial charge in [-0.15, -0.1) is 0 Å². The van der Waals surface area contributed by atoms with Crippen molar-refractivity contribution in [3.63, 3.8) is 0 Å². The fraction of sp³-hybridized carbons (Fsp3) is 0.939. The second kappa shape index (κ2) is 44.8. The van der Waals surface area contributed by atoms with E-state index in [1.54, 1.807) is 6.08 Å². The van der Waals surface area contributed by atoms with E-state index in [9.17, 15) is 20.1 Å². The first-order chi connectivity index (χ1) is 26.5. The number of carbonyl (C=O) groups is 1. The van der Waals surface area contributed by atoms with Gasteiger partial charge in [-0.3, -0.25) is 4.79 Å². The summed E-state index contributed by atoms with van der Waals surface area (Å²) in [5, 5.41) is 33.1. The smallest absolute Gasteiger partial charge is 0.222 e. The molecule has 4 N–H and O–H groups in total. The van der Waals surface area contributed by atoms with E-state index in [0.717, 1.165) is 25.7 Å². The van der Waals surface area contributed by atoms with E-state index in [2.05, 4.69) is 19.2 Å². The van der Waals surface area contributed by atoms with Gasteiger partial charge in [0.1, 0.15) is 0 Å². The predicted octanol–water partition coefficient (Wildman–Crippen LogP) is 14.4. The van der Waals surface area contributed by atoms with E-state index in [4.69, 9.17) is 0 Å². The highest BCUT2D eigenvalue weighted by Gasteiger charge is 2.20. The van der Waals surface area contributed by atoms with Gasteiger partial charge in [-0.25, -0.2) is 0 Å². The zero-order chi connectivity index (χ0) is 39.4. The Bertz CT molecular complexity index is 758. The summed E-state index contributed by atoms with van der Waals surface area (Å²) in [6.07, 6.45) is 54.0. The monoisotopic (exact) mass is 764 g/mol. The third-order valence-electron chi connectivity index (χ3n) is 11.6. The first kappa shape index (κ1) is 53.1. The first-order valence-electron chi connectivity index (χ1n) is 24.5. The van der Waals surface area contributed by atoms with Crippen molar-refractivity contribution in [2.45, 2.75) is 289 Å². The highest BCUT2D eigenvalue weighted by atomic mass is 16.3. The van der Waals surface area contributed by atoms with Crippen LogP contribution in [-0.4, -0.2) is 46.1 Å². The zero-order valence-electron chi connectivity index (χ0n) is 36.6. The van der Waals surface area contributed by atoms with Crippen molar-refractivity contribution in [2.24, 2.45) is 0 Å². The Hall–Kier alpha value is -0.910. The van der Waals surface area contributed by atoms with Crippen molar-refractivity contribution in [1.29, 1.82) is 0 Å². The summed E-state index contributed by atoms with van der Waals surface area (Å²) in [5.74, 6) is -0.313. The molecule has 0 aromatic carbocycles. The van der Waals surface area contributed by atoms with E-state index in [-0.39, 0.29) is 18.9 Å². The van der Waals surface area contributed by atoms with Gasteiger partial charge in [0.25, 0.3) is 0 Å². The van der Waals surface area contributed by atoms with Crippen LogP contribution in [0.15, 0.2) is 12.2 Å². The van der Waals surface area contributed by atoms with E-state index in [1.165, 1.54) is 218 Å². The van der Waals surface area contributed by atoms with Gasteiger partial charge in [0, 0.05) is 0 Å². The summed E-state index contributed by atoms with van der Waals surface area (Å²) in [6.45, 7) is 4.20. The maximum Gasteiger partial charge on any atom is 0.222 e. The summed E-state index contributed by atoms with van der Waals surface area (Å²) in [4.78, 5) is 12.4. The van der Waals surface area contributed by atoms with Crippen LogP contribution < -0.4 is 5.32 Å². The fourth-order valence-corrected chi connectivity index (χ4v) is 7.81. The molecule has 0 radical (unpaired) electrons. The first-order valence-corrected chi connectivity index (χ1v) is 24.5. The minimum Gasteiger partial charge on any atom is -0.394 e. The van der Waals surface area contributed by atoms with Gasteiger partial charge in [0.2, 0.25) is 5.91 Å². The second-order valence-corrected chi connectivity index (χ2v) is 17.1. The van der Waals surface area contributed by atoms with Crippen LogP contribution in [-0.2, 0) is 4.79 Å². The Morgan fingerprint density at radius 1 is 0.463 bits per heavy atom. The molecule has 54 heavy (non-hydrogen) atoms. The molecular formula is C49H97NO4. The Balaban J connectivity index is 3.44. The molecule has 5 nitrogen and oxygen atoms in total. The van der Waals surface area contributed by atoms with Crippen molar-refractivity contribution in [3.8, 4) is 0 Å². The molecule has 0 bridgehead atoms. The molecule has 0 saturated heterocycles.